The van der Waals surface area contributed by atoms with Crippen molar-refractivity contribution < 1.29 is 161 Å². The molecule has 18 heteroatoms. The van der Waals surface area contributed by atoms with Crippen LogP contribution in [-0.2, 0) is 92.5 Å². The number of halogens is 6. The van der Waals surface area contributed by atoms with Crippen LogP contribution in [0.4, 0.5) is 0 Å². The monoisotopic (exact) mass is 1400 g/mol. The number of hydrogen-bond donors (Lipinski definition) is 0. The van der Waals surface area contributed by atoms with Gasteiger partial charge in [-0.3, -0.25) is 15.0 Å². The molecule has 9 nitrogen and oxygen atoms in total. The molecule has 4 aromatic rings. The number of carbonyl (C=O) groups is 3. The summed E-state index contributed by atoms with van der Waals surface area (Å²) in [6.45, 7) is 19.6. The van der Waals surface area contributed by atoms with Gasteiger partial charge >= 0.3 is 76.3 Å². The molecule has 3 saturated carbocycles. The molecule has 0 bridgehead atoms. The number of ether oxygens (including phenoxy) is 3. The molecule has 0 unspecified atom stereocenters. The average molecular weight is 1400 g/mol. The van der Waals surface area contributed by atoms with Crippen molar-refractivity contribution in [1.29, 1.82) is 0 Å². The Balaban J connectivity index is -0.000000252. The van der Waals surface area contributed by atoms with E-state index in [4.69, 9.17) is 14.2 Å². The molecule has 0 amide bonds. The molecule has 0 saturated heterocycles. The molecular formula is C57H63Cl6N3O6Ru3. The van der Waals surface area contributed by atoms with Gasteiger partial charge in [-0.1, -0.05) is 62.3 Å². The number of benzene rings is 1. The minimum atomic E-state index is -0.709. The van der Waals surface area contributed by atoms with Crippen LogP contribution in [0.2, 0.25) is 0 Å². The van der Waals surface area contributed by atoms with Gasteiger partial charge in [0.2, 0.25) is 0 Å². The summed E-state index contributed by atoms with van der Waals surface area (Å²) in [6, 6.07) is 14.2. The van der Waals surface area contributed by atoms with Gasteiger partial charge in [-0.2, -0.15) is 0 Å². The second-order valence-corrected chi connectivity index (χ2v) is 16.8. The summed E-state index contributed by atoms with van der Waals surface area (Å²) in [7, 11) is 0. The van der Waals surface area contributed by atoms with Crippen LogP contribution in [0, 0.1) is 130 Å². The number of rotatable bonds is 12. The van der Waals surface area contributed by atoms with Crippen molar-refractivity contribution in [3.8, 4) is 0 Å². The molecule has 3 aliphatic rings. The van der Waals surface area contributed by atoms with Gasteiger partial charge < -0.3 is 88.7 Å². The molecule has 1 aromatic carbocycles. The van der Waals surface area contributed by atoms with Crippen LogP contribution in [-0.4, -0.2) is 32.9 Å². The first kappa shape index (κ1) is 85.0. The Bertz CT molecular complexity index is 1770. The normalized spacial score (nSPS) is 14.6. The zero-order chi connectivity index (χ0) is 47.8. The van der Waals surface area contributed by atoms with E-state index in [-0.39, 0.29) is 169 Å². The Morgan fingerprint density at radius 3 is 0.720 bits per heavy atom. The van der Waals surface area contributed by atoms with Gasteiger partial charge in [0, 0.05) is 37.2 Å². The molecule has 3 heterocycles. The van der Waals surface area contributed by atoms with Crippen LogP contribution >= 0.6 is 0 Å². The summed E-state index contributed by atoms with van der Waals surface area (Å²) in [5.74, 6) is 8.11. The molecule has 7 rings (SSSR count). The fourth-order valence-electron chi connectivity index (χ4n) is 5.97. The SMILES string of the molecule is C[C]1[CH][CH][C](C(C)C)[CH][CH]1.C[C]1[CH][CH][C](C(C)C)[CH][CH]1.C[C]1[CH][CH][C](C(C)C)[CH][CH]1.O=C(OCc1ccncc1)c1cc(C(=O)OCc2ccncc2)cc(C(=O)OCc2ccncc2)c1.[Cl-].[Cl-].[Cl-].[Cl-].[Cl-].[Cl-].[Ru+2].[Ru+2].[Ru+2]. The molecule has 0 atom stereocenters. The van der Waals surface area contributed by atoms with E-state index in [2.05, 4.69) is 154 Å². The second-order valence-electron chi connectivity index (χ2n) is 16.8. The van der Waals surface area contributed by atoms with Gasteiger partial charge in [0.05, 0.1) is 16.7 Å². The fourth-order valence-corrected chi connectivity index (χ4v) is 5.97. The van der Waals surface area contributed by atoms with Crippen molar-refractivity contribution in [3.63, 3.8) is 0 Å². The van der Waals surface area contributed by atoms with Crippen LogP contribution in [0.1, 0.15) is 110 Å². The van der Waals surface area contributed by atoms with E-state index >= 15 is 0 Å². The van der Waals surface area contributed by atoms with Crippen molar-refractivity contribution in [2.24, 2.45) is 17.8 Å². The van der Waals surface area contributed by atoms with Gasteiger partial charge in [-0.15, -0.1) is 0 Å². The maximum absolute atomic E-state index is 12.8. The van der Waals surface area contributed by atoms with Crippen molar-refractivity contribution in [2.45, 2.75) is 82.1 Å². The van der Waals surface area contributed by atoms with E-state index in [0.717, 1.165) is 16.7 Å². The summed E-state index contributed by atoms with van der Waals surface area (Å²) < 4.78 is 16.1. The van der Waals surface area contributed by atoms with E-state index < -0.39 is 17.9 Å². The van der Waals surface area contributed by atoms with Crippen molar-refractivity contribution in [1.82, 2.24) is 15.0 Å². The molecule has 3 aromatic heterocycles. The predicted molar refractivity (Wildman–Crippen MR) is 259 cm³/mol. The van der Waals surface area contributed by atoms with Crippen LogP contribution in [0.5, 0.6) is 0 Å². The van der Waals surface area contributed by atoms with Crippen LogP contribution < -0.4 is 74.4 Å². The zero-order valence-corrected chi connectivity index (χ0v) is 52.8. The molecule has 75 heavy (non-hydrogen) atoms. The van der Waals surface area contributed by atoms with Gasteiger partial charge in [0.15, 0.2) is 0 Å². The van der Waals surface area contributed by atoms with Gasteiger partial charge in [0.1, 0.15) is 19.8 Å². The van der Waals surface area contributed by atoms with Crippen molar-refractivity contribution in [3.05, 3.63) is 238 Å². The van der Waals surface area contributed by atoms with Crippen LogP contribution in [0.25, 0.3) is 0 Å². The molecule has 0 spiro atoms. The summed E-state index contributed by atoms with van der Waals surface area (Å²) in [6.07, 6.45) is 35.6. The Labute approximate surface area is 527 Å². The maximum atomic E-state index is 12.8. The average Bonchev–Trinajstić information content (AvgIpc) is 3.33. The number of pyridine rings is 3. The van der Waals surface area contributed by atoms with Gasteiger partial charge in [-0.25, -0.2) is 14.4 Å². The quantitative estimate of drug-likeness (QED) is 0.0778. The first-order valence-corrected chi connectivity index (χ1v) is 22.2. The van der Waals surface area contributed by atoms with Crippen molar-refractivity contribution in [2.75, 3.05) is 0 Å². The van der Waals surface area contributed by atoms with E-state index in [0.29, 0.717) is 17.8 Å². The molecule has 0 N–H and O–H groups in total. The third-order valence-corrected chi connectivity index (χ3v) is 10.2. The molecule has 18 radical (unpaired) electrons. The second kappa shape index (κ2) is 47.5. The smallest absolute Gasteiger partial charge is 1.00 e. The number of carbonyl (C=O) groups excluding carboxylic acids is 3. The van der Waals surface area contributed by atoms with E-state index in [1.807, 2.05) is 0 Å². The van der Waals surface area contributed by atoms with E-state index in [1.165, 1.54) is 53.7 Å². The predicted octanol–water partition coefficient (Wildman–Crippen LogP) is -6.11. The molecule has 3 aliphatic carbocycles. The Hall–Kier alpha value is -1.31. The summed E-state index contributed by atoms with van der Waals surface area (Å²) >= 11 is 0. The molecule has 0 aliphatic heterocycles. The Morgan fingerprint density at radius 2 is 0.547 bits per heavy atom. The third kappa shape index (κ3) is 33.8. The van der Waals surface area contributed by atoms with Crippen LogP contribution in [0.3, 0.4) is 0 Å². The number of nitrogens with zero attached hydrogens (tertiary/aromatic N) is 3. The number of esters is 3. The Kier molecular flexibility index (Phi) is 53.8. The van der Waals surface area contributed by atoms with E-state index in [9.17, 15) is 14.4 Å². The Morgan fingerprint density at radius 1 is 0.360 bits per heavy atom. The minimum Gasteiger partial charge on any atom is -1.00 e. The zero-order valence-electron chi connectivity index (χ0n) is 43.1. The summed E-state index contributed by atoms with van der Waals surface area (Å²) in [4.78, 5) is 50.1. The van der Waals surface area contributed by atoms with Gasteiger partial charge in [0.25, 0.3) is 0 Å². The molecular weight excluding hydrogens is 1340 g/mol. The molecule has 408 valence electrons. The minimum absolute atomic E-state index is 0. The summed E-state index contributed by atoms with van der Waals surface area (Å²) in [5, 5.41) is 0. The standard InChI is InChI=1S/C27H21N3O6.3C10H14.6ClH.3Ru/c31-25(34-16-19-1-7-28-8-2-19)22-13-23(26(32)35-17-20-3-9-29-10-4-20)15-24(14-22)27(33)36-18-21-5-11-30-12-6-21;3*1-8(2)10-6-4-9(3)5-7-10;;;;;;;;;/h1-15H,16-18H2;3*4-8H,1-3H3;6*1H;;;/q;;;;;;;;;;3*+2/p-6. The molecule has 3 fully saturated rings. The van der Waals surface area contributed by atoms with Crippen LogP contribution in [0.15, 0.2) is 91.8 Å². The third-order valence-electron chi connectivity index (χ3n) is 10.2. The maximum Gasteiger partial charge on any atom is 2.00 e. The topological polar surface area (TPSA) is 118 Å². The largest absolute Gasteiger partial charge is 2.00 e. The number of hydrogen-bond acceptors (Lipinski definition) is 9. The van der Waals surface area contributed by atoms with Crippen molar-refractivity contribution >= 4 is 17.9 Å². The summed E-state index contributed by atoms with van der Waals surface area (Å²) in [5.41, 5.74) is 2.25. The fraction of sp³-hybridized carbons (Fsp3) is 0.263. The van der Waals surface area contributed by atoms with Gasteiger partial charge in [-0.05, 0) is 202 Å². The number of aromatic nitrogens is 3. The van der Waals surface area contributed by atoms with E-state index in [1.54, 1.807) is 73.6 Å². The first-order valence-electron chi connectivity index (χ1n) is 22.2. The first-order chi connectivity index (χ1) is 31.7.